The maximum atomic E-state index is 14.1. The molecule has 0 aromatic carbocycles. The van der Waals surface area contributed by atoms with Crippen LogP contribution in [0, 0.1) is 0 Å². The highest BCUT2D eigenvalue weighted by Crippen LogP contribution is 2.38. The molecule has 2 unspecified atom stereocenters. The zero-order chi connectivity index (χ0) is 29.4. The molecule has 3 rings (SSSR count). The lowest BCUT2D eigenvalue weighted by atomic mass is 10.2. The van der Waals surface area contributed by atoms with Crippen molar-refractivity contribution in [1.29, 1.82) is 0 Å². The molecule has 2 aromatic rings. The van der Waals surface area contributed by atoms with Gasteiger partial charge in [0.05, 0.1) is 25.1 Å². The number of nitrogen functional groups attached to an aromatic ring is 1. The number of ether oxygens (including phenoxy) is 3. The fourth-order valence-corrected chi connectivity index (χ4v) is 6.06. The average molecular weight is 599 g/mol. The maximum Gasteiger partial charge on any atom is 0.323 e. The molecule has 0 saturated heterocycles. The van der Waals surface area contributed by atoms with Gasteiger partial charge in [-0.25, -0.2) is 15.2 Å². The molecule has 1 aliphatic carbocycles. The molecule has 0 spiro atoms. The lowest BCUT2D eigenvalue weighted by Crippen LogP contribution is -2.45. The maximum absolute atomic E-state index is 14.1. The van der Waals surface area contributed by atoms with Crippen molar-refractivity contribution in [3.63, 3.8) is 0 Å². The second-order valence-corrected chi connectivity index (χ2v) is 12.6. The summed E-state index contributed by atoms with van der Waals surface area (Å²) in [5.41, 5.74) is 7.09. The van der Waals surface area contributed by atoms with E-state index in [1.807, 2.05) is 0 Å². The molecular weight excluding hydrogens is 551 g/mol. The van der Waals surface area contributed by atoms with Crippen LogP contribution in [0.25, 0.3) is 11.2 Å². The molecule has 1 fully saturated rings. The van der Waals surface area contributed by atoms with E-state index in [1.165, 1.54) is 0 Å². The van der Waals surface area contributed by atoms with Crippen molar-refractivity contribution < 1.29 is 28.4 Å². The normalized spacial score (nSPS) is 16.2. The first-order chi connectivity index (χ1) is 18.9. The second kappa shape index (κ2) is 15.4. The zero-order valence-electron chi connectivity index (χ0n) is 24.2. The molecule has 232 valence electrons. The van der Waals surface area contributed by atoms with E-state index in [9.17, 15) is 14.2 Å². The number of imidazole rings is 1. The van der Waals surface area contributed by atoms with E-state index in [0.717, 1.165) is 12.8 Å². The van der Waals surface area contributed by atoms with Gasteiger partial charge in [-0.2, -0.15) is 9.97 Å². The van der Waals surface area contributed by atoms with Crippen molar-refractivity contribution in [2.45, 2.75) is 112 Å². The molecule has 14 nitrogen and oxygen atoms in total. The summed E-state index contributed by atoms with van der Waals surface area (Å²) in [7, 11) is -3.64. The van der Waals surface area contributed by atoms with E-state index in [-0.39, 0.29) is 38.5 Å². The molecule has 2 aromatic heterocycles. The number of esters is 2. The molecule has 0 aliphatic heterocycles. The first-order valence-corrected chi connectivity index (χ1v) is 15.7. The summed E-state index contributed by atoms with van der Waals surface area (Å²) in [5.74, 6) is -0.334. The summed E-state index contributed by atoms with van der Waals surface area (Å²) >= 11 is 0. The number of carbonyl (C=O) groups is 2. The fraction of sp³-hybridized carbons (Fsp3) is 0.731. The Morgan fingerprint density at radius 2 is 1.61 bits per heavy atom. The van der Waals surface area contributed by atoms with Crippen molar-refractivity contribution in [1.82, 2.24) is 29.7 Å². The largest absolute Gasteiger partial charge is 0.462 e. The van der Waals surface area contributed by atoms with E-state index in [1.54, 1.807) is 52.4 Å². The monoisotopic (exact) mass is 598 g/mol. The molecule has 1 aliphatic rings. The Hall–Kier alpha value is -2.80. The van der Waals surface area contributed by atoms with Crippen LogP contribution in [-0.2, 0) is 34.9 Å². The van der Waals surface area contributed by atoms with Gasteiger partial charge in [-0.15, -0.1) is 0 Å². The molecule has 2 heterocycles. The van der Waals surface area contributed by atoms with E-state index < -0.39 is 31.5 Å². The average Bonchev–Trinajstić information content (AvgIpc) is 3.60. The highest BCUT2D eigenvalue weighted by molar-refractivity contribution is 7.59. The number of nitrogens with one attached hydrogen (secondary N) is 3. The topological polar surface area (TPSA) is 185 Å². The van der Waals surface area contributed by atoms with Gasteiger partial charge in [0, 0.05) is 12.6 Å². The first kappa shape index (κ1) is 34.4. The number of rotatable bonds is 17. The Labute approximate surface area is 242 Å². The molecule has 41 heavy (non-hydrogen) atoms. The first-order valence-electron chi connectivity index (χ1n) is 13.8. The molecule has 2 atom stereocenters. The van der Waals surface area contributed by atoms with Crippen LogP contribution in [0.15, 0.2) is 6.33 Å². The lowest BCUT2D eigenvalue weighted by molar-refractivity contribution is -0.150. The van der Waals surface area contributed by atoms with Gasteiger partial charge >= 0.3 is 11.9 Å². The molecule has 15 heteroatoms. The van der Waals surface area contributed by atoms with Gasteiger partial charge in [0.1, 0.15) is 18.4 Å². The Bertz CT molecular complexity index is 1170. The summed E-state index contributed by atoms with van der Waals surface area (Å²) < 4.78 is 32.3. The van der Waals surface area contributed by atoms with Gasteiger partial charge in [0.15, 0.2) is 17.0 Å². The quantitative estimate of drug-likeness (QED) is 0.118. The summed E-state index contributed by atoms with van der Waals surface area (Å²) in [6.45, 7) is 11.0. The number of fused-ring (bicyclic) bond motifs is 1. The van der Waals surface area contributed by atoms with E-state index >= 15 is 0 Å². The van der Waals surface area contributed by atoms with Gasteiger partial charge in [-0.1, -0.05) is 21.3 Å². The van der Waals surface area contributed by atoms with Crippen LogP contribution in [0.5, 0.6) is 0 Å². The van der Waals surface area contributed by atoms with Gasteiger partial charge < -0.3 is 29.8 Å². The Morgan fingerprint density at radius 1 is 1.05 bits per heavy atom. The minimum Gasteiger partial charge on any atom is -0.462 e. The summed E-state index contributed by atoms with van der Waals surface area (Å²) in [6.07, 6.45) is 3.46. The van der Waals surface area contributed by atoms with Crippen LogP contribution < -0.4 is 21.2 Å². The smallest absolute Gasteiger partial charge is 0.323 e. The minimum atomic E-state index is -3.64. The third-order valence-electron chi connectivity index (χ3n) is 5.97. The number of hydrogen-bond acceptors (Lipinski definition) is 11. The fourth-order valence-electron chi connectivity index (χ4n) is 3.87. The molecule has 0 bridgehead atoms. The summed E-state index contributed by atoms with van der Waals surface area (Å²) in [4.78, 5) is 38.3. The number of carbonyl (C=O) groups excluding carboxylic acids is 2. The van der Waals surface area contributed by atoms with Crippen molar-refractivity contribution >= 4 is 42.3 Å². The van der Waals surface area contributed by atoms with Crippen LogP contribution in [0.1, 0.15) is 74.7 Å². The highest BCUT2D eigenvalue weighted by atomic mass is 31.2. The van der Waals surface area contributed by atoms with Gasteiger partial charge in [-0.3, -0.25) is 14.2 Å². The van der Waals surface area contributed by atoms with Crippen molar-refractivity contribution in [2.24, 2.45) is 0 Å². The lowest BCUT2D eigenvalue weighted by Gasteiger charge is -2.28. The van der Waals surface area contributed by atoms with Crippen LogP contribution in [0.2, 0.25) is 0 Å². The van der Waals surface area contributed by atoms with Crippen LogP contribution in [0.3, 0.4) is 0 Å². The predicted molar refractivity (Wildman–Crippen MR) is 158 cm³/mol. The SMILES string of the molecule is C.CCC(NP(=O)(COCCn1cnc2c(NC3CC3)nc(N)nc21)NC(CC)C(=O)OC(C)C)C(=O)OC(C)C. The van der Waals surface area contributed by atoms with Crippen LogP contribution >= 0.6 is 7.44 Å². The third kappa shape index (κ3) is 10.2. The van der Waals surface area contributed by atoms with Gasteiger partial charge in [0.25, 0.3) is 0 Å². The Morgan fingerprint density at radius 3 is 2.10 bits per heavy atom. The molecule has 0 radical (unpaired) electrons. The van der Waals surface area contributed by atoms with E-state index in [2.05, 4.69) is 30.4 Å². The Balaban J connectivity index is 0.00000588. The summed E-state index contributed by atoms with van der Waals surface area (Å²) in [5, 5.41) is 9.11. The van der Waals surface area contributed by atoms with Crippen molar-refractivity contribution in [3.8, 4) is 0 Å². The number of hydrogen-bond donors (Lipinski definition) is 4. The van der Waals surface area contributed by atoms with E-state index in [0.29, 0.717) is 42.4 Å². The minimum absolute atomic E-state index is 0. The van der Waals surface area contributed by atoms with Crippen LogP contribution in [-0.4, -0.2) is 74.7 Å². The number of aromatic nitrogens is 4. The standard InChI is InChI=1S/C25H43N8O6P.CH4/c1-7-18(23(34)38-15(3)4)31-40(36,32-19(8-2)24(35)39-16(5)6)14-37-12-11-33-13-27-20-21(28-17-9-10-17)29-25(26)30-22(20)33;/h13,15-19H,7-12,14H2,1-6H3,(H2,31,32,36)(H3,26,28,29,30);1H4. The number of nitrogens with zero attached hydrogens (tertiary/aromatic N) is 4. The number of anilines is 2. The van der Waals surface area contributed by atoms with Gasteiger partial charge in [-0.05, 0) is 53.4 Å². The molecule has 0 amide bonds. The molecular formula is C26H47N8O6P. The molecule has 5 N–H and O–H groups in total. The molecule has 1 saturated carbocycles. The Kier molecular flexibility index (Phi) is 13.0. The number of nitrogens with two attached hydrogens (primary N) is 1. The second-order valence-electron chi connectivity index (χ2n) is 10.4. The van der Waals surface area contributed by atoms with Crippen molar-refractivity contribution in [3.05, 3.63) is 6.33 Å². The van der Waals surface area contributed by atoms with Crippen molar-refractivity contribution in [2.75, 3.05) is 24.0 Å². The van der Waals surface area contributed by atoms with Gasteiger partial charge in [0.2, 0.25) is 13.4 Å². The summed E-state index contributed by atoms with van der Waals surface area (Å²) in [6, 6.07) is -1.36. The predicted octanol–water partition coefficient (Wildman–Crippen LogP) is 3.43. The third-order valence-corrected chi connectivity index (χ3v) is 7.97. The van der Waals surface area contributed by atoms with Crippen LogP contribution in [0.4, 0.5) is 11.8 Å². The highest BCUT2D eigenvalue weighted by Gasteiger charge is 2.35. The van der Waals surface area contributed by atoms with E-state index in [4.69, 9.17) is 19.9 Å². The zero-order valence-corrected chi connectivity index (χ0v) is 25.1.